The van der Waals surface area contributed by atoms with Crippen LogP contribution in [0.25, 0.3) is 0 Å². The van der Waals surface area contributed by atoms with Gasteiger partial charge in [0, 0.05) is 10.0 Å². The zero-order valence-electron chi connectivity index (χ0n) is 9.58. The lowest BCUT2D eigenvalue weighted by molar-refractivity contribution is 0.0996. The molecule has 3 nitrogen and oxygen atoms in total. The van der Waals surface area contributed by atoms with Gasteiger partial charge in [-0.15, -0.1) is 0 Å². The maximum Gasteiger partial charge on any atom is 0.291 e. The van der Waals surface area contributed by atoms with Crippen LogP contribution in [0.2, 0.25) is 0 Å². The first-order valence-corrected chi connectivity index (χ1v) is 5.99. The first-order valence-electron chi connectivity index (χ1n) is 5.19. The van der Waals surface area contributed by atoms with Gasteiger partial charge in [-0.1, -0.05) is 6.07 Å². The van der Waals surface area contributed by atoms with Crippen molar-refractivity contribution in [2.45, 2.75) is 13.8 Å². The van der Waals surface area contributed by atoms with E-state index in [-0.39, 0.29) is 5.91 Å². The highest BCUT2D eigenvalue weighted by molar-refractivity contribution is 9.10. The van der Waals surface area contributed by atoms with E-state index >= 15 is 0 Å². The van der Waals surface area contributed by atoms with Crippen LogP contribution in [0.4, 0.5) is 5.69 Å². The van der Waals surface area contributed by atoms with E-state index in [0.717, 1.165) is 21.3 Å². The van der Waals surface area contributed by atoms with Crippen molar-refractivity contribution in [2.24, 2.45) is 0 Å². The molecule has 0 fully saturated rings. The summed E-state index contributed by atoms with van der Waals surface area (Å²) in [5, 5.41) is 2.80. The Morgan fingerprint density at radius 1 is 1.29 bits per heavy atom. The second-order valence-corrected chi connectivity index (χ2v) is 4.72. The van der Waals surface area contributed by atoms with Gasteiger partial charge < -0.3 is 9.73 Å². The third kappa shape index (κ3) is 2.58. The zero-order chi connectivity index (χ0) is 12.4. The van der Waals surface area contributed by atoms with E-state index in [1.165, 1.54) is 6.26 Å². The fraction of sp³-hybridized carbons (Fsp3) is 0.154. The summed E-state index contributed by atoms with van der Waals surface area (Å²) in [4.78, 5) is 11.9. The number of hydrogen-bond acceptors (Lipinski definition) is 2. The van der Waals surface area contributed by atoms with E-state index in [9.17, 15) is 4.79 Å². The fourth-order valence-electron chi connectivity index (χ4n) is 1.51. The van der Waals surface area contributed by atoms with Crippen molar-refractivity contribution in [1.82, 2.24) is 0 Å². The molecular weight excluding hydrogens is 282 g/mol. The van der Waals surface area contributed by atoms with Crippen molar-refractivity contribution in [1.29, 1.82) is 0 Å². The molecule has 2 aromatic rings. The minimum atomic E-state index is -0.239. The molecule has 1 aromatic carbocycles. The van der Waals surface area contributed by atoms with Gasteiger partial charge in [-0.25, -0.2) is 0 Å². The minimum absolute atomic E-state index is 0.239. The number of anilines is 1. The third-order valence-electron chi connectivity index (χ3n) is 2.44. The molecule has 1 aromatic heterocycles. The molecule has 1 amide bonds. The normalized spacial score (nSPS) is 10.3. The van der Waals surface area contributed by atoms with Crippen LogP contribution in [-0.2, 0) is 0 Å². The summed E-state index contributed by atoms with van der Waals surface area (Å²) >= 11 is 3.41. The zero-order valence-corrected chi connectivity index (χ0v) is 11.2. The average Bonchev–Trinajstić information content (AvgIpc) is 2.68. The number of rotatable bonds is 2. The standard InChI is InChI=1S/C13H12BrNO2/c1-8-3-4-11(10(14)7-8)15-13(16)12-9(2)5-6-17-12/h3-7H,1-2H3,(H,15,16). The summed E-state index contributed by atoms with van der Waals surface area (Å²) in [6, 6.07) is 7.51. The SMILES string of the molecule is Cc1ccc(NC(=O)c2occc2C)c(Br)c1. The summed E-state index contributed by atoms with van der Waals surface area (Å²) in [6.07, 6.45) is 1.51. The van der Waals surface area contributed by atoms with Gasteiger partial charge in [0.2, 0.25) is 0 Å². The maximum atomic E-state index is 11.9. The van der Waals surface area contributed by atoms with Crippen molar-refractivity contribution in [3.05, 3.63) is 51.9 Å². The van der Waals surface area contributed by atoms with Crippen LogP contribution in [0, 0.1) is 13.8 Å². The smallest absolute Gasteiger partial charge is 0.291 e. The lowest BCUT2D eigenvalue weighted by atomic mass is 10.2. The van der Waals surface area contributed by atoms with E-state index in [1.807, 2.05) is 32.0 Å². The molecule has 0 aliphatic rings. The lowest BCUT2D eigenvalue weighted by Gasteiger charge is -2.07. The first-order chi connectivity index (χ1) is 8.08. The van der Waals surface area contributed by atoms with Gasteiger partial charge in [-0.05, 0) is 53.5 Å². The number of nitrogens with one attached hydrogen (secondary N) is 1. The van der Waals surface area contributed by atoms with Gasteiger partial charge in [0.05, 0.1) is 12.0 Å². The van der Waals surface area contributed by atoms with Crippen LogP contribution in [0.15, 0.2) is 39.4 Å². The van der Waals surface area contributed by atoms with Crippen molar-refractivity contribution < 1.29 is 9.21 Å². The van der Waals surface area contributed by atoms with E-state index in [1.54, 1.807) is 6.07 Å². The van der Waals surface area contributed by atoms with E-state index in [0.29, 0.717) is 5.76 Å². The topological polar surface area (TPSA) is 42.2 Å². The number of carbonyl (C=O) groups excluding carboxylic acids is 1. The van der Waals surface area contributed by atoms with Gasteiger partial charge in [0.1, 0.15) is 0 Å². The van der Waals surface area contributed by atoms with Gasteiger partial charge >= 0.3 is 0 Å². The molecule has 1 N–H and O–H groups in total. The summed E-state index contributed by atoms with van der Waals surface area (Å²) in [5.74, 6) is 0.106. The van der Waals surface area contributed by atoms with Gasteiger partial charge in [-0.2, -0.15) is 0 Å². The predicted molar refractivity (Wildman–Crippen MR) is 70.3 cm³/mol. The molecular formula is C13H12BrNO2. The molecule has 0 spiro atoms. The molecule has 88 valence electrons. The summed E-state index contributed by atoms with van der Waals surface area (Å²) in [6.45, 7) is 3.83. The molecule has 1 heterocycles. The lowest BCUT2D eigenvalue weighted by Crippen LogP contribution is -2.12. The second kappa shape index (κ2) is 4.75. The fourth-order valence-corrected chi connectivity index (χ4v) is 2.10. The molecule has 0 aliphatic heterocycles. The van der Waals surface area contributed by atoms with Crippen LogP contribution in [0.3, 0.4) is 0 Å². The molecule has 0 bridgehead atoms. The Kier molecular flexibility index (Phi) is 3.33. The molecule has 0 radical (unpaired) electrons. The molecule has 2 rings (SSSR count). The van der Waals surface area contributed by atoms with E-state index < -0.39 is 0 Å². The Labute approximate surface area is 108 Å². The summed E-state index contributed by atoms with van der Waals surface area (Å²) < 4.78 is 5.99. The van der Waals surface area contributed by atoms with Crippen LogP contribution in [0.5, 0.6) is 0 Å². The highest BCUT2D eigenvalue weighted by atomic mass is 79.9. The van der Waals surface area contributed by atoms with Gasteiger partial charge in [-0.3, -0.25) is 4.79 Å². The quantitative estimate of drug-likeness (QED) is 0.912. The molecule has 0 saturated carbocycles. The number of hydrogen-bond donors (Lipinski definition) is 1. The van der Waals surface area contributed by atoms with Crippen LogP contribution >= 0.6 is 15.9 Å². The van der Waals surface area contributed by atoms with Gasteiger partial charge in [0.15, 0.2) is 5.76 Å². The van der Waals surface area contributed by atoms with Crippen LogP contribution in [-0.4, -0.2) is 5.91 Å². The first kappa shape index (κ1) is 11.9. The molecule has 0 atom stereocenters. The van der Waals surface area contributed by atoms with Crippen molar-refractivity contribution in [3.8, 4) is 0 Å². The summed E-state index contributed by atoms with van der Waals surface area (Å²) in [7, 11) is 0. The van der Waals surface area contributed by atoms with Crippen molar-refractivity contribution in [3.63, 3.8) is 0 Å². The molecule has 4 heteroatoms. The Morgan fingerprint density at radius 2 is 2.06 bits per heavy atom. The van der Waals surface area contributed by atoms with Gasteiger partial charge in [0.25, 0.3) is 5.91 Å². The predicted octanol–water partition coefficient (Wildman–Crippen LogP) is 3.91. The highest BCUT2D eigenvalue weighted by Gasteiger charge is 2.13. The number of halogens is 1. The number of benzene rings is 1. The Hall–Kier alpha value is -1.55. The third-order valence-corrected chi connectivity index (χ3v) is 3.10. The Bertz CT molecular complexity index is 560. The minimum Gasteiger partial charge on any atom is -0.459 e. The molecule has 17 heavy (non-hydrogen) atoms. The van der Waals surface area contributed by atoms with Crippen molar-refractivity contribution >= 4 is 27.5 Å². The molecule has 0 unspecified atom stereocenters. The second-order valence-electron chi connectivity index (χ2n) is 3.87. The number of carbonyl (C=O) groups is 1. The largest absolute Gasteiger partial charge is 0.459 e. The Balaban J connectivity index is 2.22. The van der Waals surface area contributed by atoms with E-state index in [2.05, 4.69) is 21.2 Å². The number of amides is 1. The van der Waals surface area contributed by atoms with Crippen LogP contribution < -0.4 is 5.32 Å². The average molecular weight is 294 g/mol. The number of furan rings is 1. The monoisotopic (exact) mass is 293 g/mol. The summed E-state index contributed by atoms with van der Waals surface area (Å²) in [5.41, 5.74) is 2.69. The number of aryl methyl sites for hydroxylation is 2. The molecule has 0 aliphatic carbocycles. The maximum absolute atomic E-state index is 11.9. The van der Waals surface area contributed by atoms with Crippen molar-refractivity contribution in [2.75, 3.05) is 5.32 Å². The Morgan fingerprint density at radius 3 is 2.65 bits per heavy atom. The highest BCUT2D eigenvalue weighted by Crippen LogP contribution is 2.24. The van der Waals surface area contributed by atoms with Crippen LogP contribution in [0.1, 0.15) is 21.7 Å². The van der Waals surface area contributed by atoms with E-state index in [4.69, 9.17) is 4.42 Å². The molecule has 0 saturated heterocycles.